The number of thiophene rings is 1. The number of rotatable bonds is 4. The first kappa shape index (κ1) is 17.9. The van der Waals surface area contributed by atoms with Gasteiger partial charge in [-0.05, 0) is 55.5 Å². The van der Waals surface area contributed by atoms with Crippen molar-refractivity contribution in [1.29, 1.82) is 5.26 Å². The number of benzene rings is 1. The molecule has 1 amide bonds. The predicted octanol–water partition coefficient (Wildman–Crippen LogP) is 3.56. The van der Waals surface area contributed by atoms with Gasteiger partial charge in [0.05, 0.1) is 10.5 Å². The van der Waals surface area contributed by atoms with Gasteiger partial charge in [-0.3, -0.25) is 4.79 Å². The Bertz CT molecular complexity index is 957. The molecule has 0 spiro atoms. The molecule has 0 fully saturated rings. The van der Waals surface area contributed by atoms with Gasteiger partial charge >= 0.3 is 0 Å². The van der Waals surface area contributed by atoms with Crippen molar-refractivity contribution in [2.45, 2.75) is 30.6 Å². The van der Waals surface area contributed by atoms with Crippen LogP contribution in [0.4, 0.5) is 5.00 Å². The summed E-state index contributed by atoms with van der Waals surface area (Å²) in [5, 5.41) is 12.9. The molecule has 0 saturated heterocycles. The summed E-state index contributed by atoms with van der Waals surface area (Å²) in [6.07, 6.45) is 3.81. The van der Waals surface area contributed by atoms with E-state index in [4.69, 9.17) is 11.6 Å². The minimum Gasteiger partial charge on any atom is -0.316 e. The molecule has 0 bridgehead atoms. The zero-order valence-electron chi connectivity index (χ0n) is 13.2. The smallest absolute Gasteiger partial charge is 0.240 e. The van der Waals surface area contributed by atoms with Crippen molar-refractivity contribution < 1.29 is 13.2 Å². The normalized spacial score (nSPS) is 13.8. The number of hydrogen-bond acceptors (Lipinski definition) is 5. The summed E-state index contributed by atoms with van der Waals surface area (Å²) >= 11 is 7.13. The number of hydrogen-bond donors (Lipinski definition) is 1. The third kappa shape index (κ3) is 3.87. The third-order valence-corrected chi connectivity index (χ3v) is 7.12. The van der Waals surface area contributed by atoms with Gasteiger partial charge in [-0.1, -0.05) is 11.6 Å². The molecule has 0 saturated carbocycles. The second-order valence-corrected chi connectivity index (χ2v) is 9.32. The lowest BCUT2D eigenvalue weighted by molar-refractivity contribution is -0.113. The molecule has 1 aliphatic carbocycles. The fourth-order valence-corrected chi connectivity index (χ4v) is 5.35. The molecule has 3 rings (SSSR count). The highest BCUT2D eigenvalue weighted by molar-refractivity contribution is 7.92. The van der Waals surface area contributed by atoms with Crippen LogP contribution in [0.1, 0.15) is 28.8 Å². The molecule has 0 atom stereocenters. The molecule has 1 aromatic carbocycles. The van der Waals surface area contributed by atoms with Gasteiger partial charge in [-0.25, -0.2) is 8.42 Å². The summed E-state index contributed by atoms with van der Waals surface area (Å²) in [6, 6.07) is 7.81. The molecule has 0 aliphatic heterocycles. The minimum absolute atomic E-state index is 0.0398. The Kier molecular flexibility index (Phi) is 5.13. The molecule has 25 heavy (non-hydrogen) atoms. The highest BCUT2D eigenvalue weighted by atomic mass is 35.5. The van der Waals surface area contributed by atoms with E-state index in [0.29, 0.717) is 15.6 Å². The molecule has 8 heteroatoms. The molecular formula is C17H15ClN2O3S2. The minimum atomic E-state index is -3.77. The summed E-state index contributed by atoms with van der Waals surface area (Å²) in [7, 11) is -3.77. The first-order valence-corrected chi connectivity index (χ1v) is 10.6. The van der Waals surface area contributed by atoms with E-state index < -0.39 is 21.5 Å². The Hall–Kier alpha value is -1.88. The van der Waals surface area contributed by atoms with E-state index in [2.05, 4.69) is 11.4 Å². The van der Waals surface area contributed by atoms with Crippen LogP contribution in [-0.2, 0) is 27.5 Å². The summed E-state index contributed by atoms with van der Waals surface area (Å²) in [6.45, 7) is 0. The van der Waals surface area contributed by atoms with Gasteiger partial charge in [0.25, 0.3) is 0 Å². The number of fused-ring (bicyclic) bond motifs is 1. The summed E-state index contributed by atoms with van der Waals surface area (Å²) in [5.74, 6) is -1.33. The van der Waals surface area contributed by atoms with E-state index in [1.165, 1.54) is 35.6 Å². The lowest BCUT2D eigenvalue weighted by Gasteiger charge is -2.09. The molecule has 1 N–H and O–H groups in total. The van der Waals surface area contributed by atoms with E-state index >= 15 is 0 Å². The lowest BCUT2D eigenvalue weighted by Crippen LogP contribution is -2.23. The van der Waals surface area contributed by atoms with E-state index in [-0.39, 0.29) is 4.90 Å². The van der Waals surface area contributed by atoms with E-state index in [0.717, 1.165) is 36.1 Å². The van der Waals surface area contributed by atoms with Crippen LogP contribution in [0.5, 0.6) is 0 Å². The maximum atomic E-state index is 12.3. The second-order valence-electron chi connectivity index (χ2n) is 5.79. The molecule has 1 aromatic heterocycles. The number of nitrogens with zero attached hydrogens (tertiary/aromatic N) is 1. The van der Waals surface area contributed by atoms with Crippen LogP contribution < -0.4 is 5.32 Å². The number of amides is 1. The van der Waals surface area contributed by atoms with Crippen molar-refractivity contribution >= 4 is 43.7 Å². The third-order valence-electron chi connectivity index (χ3n) is 4.03. The van der Waals surface area contributed by atoms with Crippen molar-refractivity contribution in [1.82, 2.24) is 0 Å². The fourth-order valence-electron chi connectivity index (χ4n) is 2.83. The largest absolute Gasteiger partial charge is 0.316 e. The van der Waals surface area contributed by atoms with Gasteiger partial charge in [0.2, 0.25) is 5.91 Å². The summed E-state index contributed by atoms with van der Waals surface area (Å²) in [4.78, 5) is 13.4. The average molecular weight is 395 g/mol. The number of sulfone groups is 1. The molecule has 1 heterocycles. The number of nitriles is 1. The Labute approximate surface area is 155 Å². The van der Waals surface area contributed by atoms with Crippen molar-refractivity contribution in [3.8, 4) is 6.07 Å². The number of carbonyl (C=O) groups excluding carboxylic acids is 1. The van der Waals surface area contributed by atoms with Crippen LogP contribution in [0.2, 0.25) is 5.02 Å². The van der Waals surface area contributed by atoms with Crippen molar-refractivity contribution in [2.24, 2.45) is 0 Å². The number of carbonyl (C=O) groups is 1. The van der Waals surface area contributed by atoms with Crippen LogP contribution in [0.25, 0.3) is 0 Å². The molecule has 130 valence electrons. The number of anilines is 1. The first-order valence-electron chi connectivity index (χ1n) is 7.73. The quantitative estimate of drug-likeness (QED) is 0.858. The van der Waals surface area contributed by atoms with Gasteiger partial charge in [0.15, 0.2) is 9.84 Å². The van der Waals surface area contributed by atoms with Gasteiger partial charge in [-0.15, -0.1) is 11.3 Å². The number of aryl methyl sites for hydroxylation is 1. The fraction of sp³-hybridized carbons (Fsp3) is 0.294. The standard InChI is InChI=1S/C17H15ClN2O3S2/c18-11-5-7-12(8-6-11)25(22,23)10-16(21)20-17-14(9-19)13-3-1-2-4-15(13)24-17/h5-8H,1-4,10H2,(H,20,21). The van der Waals surface area contributed by atoms with Crippen LogP contribution in [0, 0.1) is 11.3 Å². The average Bonchev–Trinajstić information content (AvgIpc) is 2.91. The Balaban J connectivity index is 1.78. The lowest BCUT2D eigenvalue weighted by atomic mass is 9.96. The molecule has 1 aliphatic rings. The Morgan fingerprint density at radius 2 is 1.92 bits per heavy atom. The first-order chi connectivity index (χ1) is 11.9. The van der Waals surface area contributed by atoms with Crippen molar-refractivity contribution in [2.75, 3.05) is 11.1 Å². The van der Waals surface area contributed by atoms with Crippen molar-refractivity contribution in [3.05, 3.63) is 45.3 Å². The van der Waals surface area contributed by atoms with Crippen LogP contribution in [-0.4, -0.2) is 20.1 Å². The van der Waals surface area contributed by atoms with E-state index in [1.54, 1.807) is 0 Å². The number of halogens is 1. The highest BCUT2D eigenvalue weighted by Crippen LogP contribution is 2.37. The topological polar surface area (TPSA) is 87.0 Å². The van der Waals surface area contributed by atoms with Gasteiger partial charge in [0.1, 0.15) is 16.8 Å². The van der Waals surface area contributed by atoms with E-state index in [1.807, 2.05) is 0 Å². The zero-order chi connectivity index (χ0) is 18.0. The maximum absolute atomic E-state index is 12.3. The van der Waals surface area contributed by atoms with Crippen LogP contribution in [0.3, 0.4) is 0 Å². The van der Waals surface area contributed by atoms with E-state index in [9.17, 15) is 18.5 Å². The van der Waals surface area contributed by atoms with Gasteiger partial charge in [-0.2, -0.15) is 5.26 Å². The molecule has 0 unspecified atom stereocenters. The Morgan fingerprint density at radius 3 is 2.60 bits per heavy atom. The second kappa shape index (κ2) is 7.16. The monoisotopic (exact) mass is 394 g/mol. The highest BCUT2D eigenvalue weighted by Gasteiger charge is 2.24. The van der Waals surface area contributed by atoms with Gasteiger partial charge in [0, 0.05) is 9.90 Å². The number of nitrogens with one attached hydrogen (secondary N) is 1. The Morgan fingerprint density at radius 1 is 1.24 bits per heavy atom. The molecule has 5 nitrogen and oxygen atoms in total. The molecule has 2 aromatic rings. The van der Waals surface area contributed by atoms with Crippen molar-refractivity contribution in [3.63, 3.8) is 0 Å². The SMILES string of the molecule is N#Cc1c(NC(=O)CS(=O)(=O)c2ccc(Cl)cc2)sc2c1CCCC2. The zero-order valence-corrected chi connectivity index (χ0v) is 15.6. The molecular weight excluding hydrogens is 380 g/mol. The van der Waals surface area contributed by atoms with Crippen LogP contribution >= 0.6 is 22.9 Å². The summed E-state index contributed by atoms with van der Waals surface area (Å²) < 4.78 is 24.7. The van der Waals surface area contributed by atoms with Gasteiger partial charge < -0.3 is 5.32 Å². The molecule has 0 radical (unpaired) electrons. The maximum Gasteiger partial charge on any atom is 0.240 e. The van der Waals surface area contributed by atoms with Crippen LogP contribution in [0.15, 0.2) is 29.2 Å². The summed E-state index contributed by atoms with van der Waals surface area (Å²) in [5.41, 5.74) is 1.46. The predicted molar refractivity (Wildman–Crippen MR) is 97.8 cm³/mol.